The largest absolute Gasteiger partial charge is 0.326 e. The molecule has 0 radical (unpaired) electrons. The van der Waals surface area contributed by atoms with Crippen LogP contribution in [0, 0.1) is 6.92 Å². The van der Waals surface area contributed by atoms with Crippen molar-refractivity contribution in [2.45, 2.75) is 20.0 Å². The van der Waals surface area contributed by atoms with Gasteiger partial charge in [-0.05, 0) is 6.92 Å². The molecule has 0 atom stereocenters. The summed E-state index contributed by atoms with van der Waals surface area (Å²) in [4.78, 5) is 4.52. The topological polar surface area (TPSA) is 29.9 Å². The maximum Gasteiger partial charge on any atom is 0.140 e. The van der Waals surface area contributed by atoms with Crippen molar-refractivity contribution >= 4 is 0 Å². The summed E-state index contributed by atoms with van der Waals surface area (Å²) in [6.45, 7) is 5.08. The Labute approximate surface area is 95.1 Å². The lowest BCUT2D eigenvalue weighted by Crippen LogP contribution is -2.27. The highest BCUT2D eigenvalue weighted by molar-refractivity contribution is 5.56. The van der Waals surface area contributed by atoms with Gasteiger partial charge >= 0.3 is 0 Å². The van der Waals surface area contributed by atoms with Crippen LogP contribution in [-0.2, 0) is 13.1 Å². The van der Waals surface area contributed by atoms with Gasteiger partial charge in [0.2, 0.25) is 0 Å². The molecule has 0 bridgehead atoms. The van der Waals surface area contributed by atoms with E-state index in [2.05, 4.69) is 46.1 Å². The first-order chi connectivity index (χ1) is 7.84. The normalized spacial score (nSPS) is 14.8. The van der Waals surface area contributed by atoms with Crippen molar-refractivity contribution in [1.29, 1.82) is 0 Å². The lowest BCUT2D eigenvalue weighted by atomic mass is 10.1. The minimum Gasteiger partial charge on any atom is -0.326 e. The first-order valence-corrected chi connectivity index (χ1v) is 5.67. The van der Waals surface area contributed by atoms with Crippen molar-refractivity contribution in [2.75, 3.05) is 6.54 Å². The molecule has 0 saturated heterocycles. The quantitative estimate of drug-likeness (QED) is 0.784. The van der Waals surface area contributed by atoms with Gasteiger partial charge in [-0.1, -0.05) is 29.8 Å². The smallest absolute Gasteiger partial charge is 0.140 e. The molecule has 16 heavy (non-hydrogen) atoms. The Balaban J connectivity index is 2.06. The van der Waals surface area contributed by atoms with E-state index in [1.54, 1.807) is 0 Å². The predicted octanol–water partition coefficient (Wildman–Crippen LogP) is 1.96. The summed E-state index contributed by atoms with van der Waals surface area (Å²) in [6.07, 6.45) is 1.97. The molecule has 0 spiro atoms. The number of hydrogen-bond donors (Lipinski definition) is 1. The van der Waals surface area contributed by atoms with Crippen LogP contribution < -0.4 is 5.32 Å². The Morgan fingerprint density at radius 3 is 2.88 bits per heavy atom. The summed E-state index contributed by atoms with van der Waals surface area (Å²) in [7, 11) is 0. The van der Waals surface area contributed by atoms with Crippen molar-refractivity contribution in [2.24, 2.45) is 0 Å². The molecule has 0 fully saturated rings. The summed E-state index contributed by atoms with van der Waals surface area (Å²) < 4.78 is 2.31. The molecule has 3 rings (SSSR count). The molecule has 82 valence electrons. The van der Waals surface area contributed by atoms with Gasteiger partial charge in [0, 0.05) is 25.2 Å². The van der Waals surface area contributed by atoms with E-state index in [4.69, 9.17) is 0 Å². The number of nitrogens with zero attached hydrogens (tertiary/aromatic N) is 2. The van der Waals surface area contributed by atoms with E-state index >= 15 is 0 Å². The van der Waals surface area contributed by atoms with Gasteiger partial charge in [0.05, 0.1) is 11.9 Å². The molecule has 0 unspecified atom stereocenters. The molecule has 1 aromatic carbocycles. The fraction of sp³-hybridized carbons (Fsp3) is 0.308. The number of rotatable bonds is 1. The molecule has 1 aromatic heterocycles. The standard InChI is InChI=1S/C13H15N3/c1-10-2-4-11(5-3-10)13-15-9-12-8-14-6-7-16(12)13/h2-5,9,14H,6-8H2,1H3. The van der Waals surface area contributed by atoms with Gasteiger partial charge < -0.3 is 9.88 Å². The molecule has 3 heteroatoms. The van der Waals surface area contributed by atoms with Crippen LogP contribution in [0.5, 0.6) is 0 Å². The SMILES string of the molecule is Cc1ccc(-c2ncc3n2CCNC3)cc1. The molecular weight excluding hydrogens is 198 g/mol. The molecule has 3 nitrogen and oxygen atoms in total. The second-order valence-corrected chi connectivity index (χ2v) is 4.27. The second-order valence-electron chi connectivity index (χ2n) is 4.27. The van der Waals surface area contributed by atoms with Crippen molar-refractivity contribution in [1.82, 2.24) is 14.9 Å². The number of benzene rings is 1. The first-order valence-electron chi connectivity index (χ1n) is 5.67. The van der Waals surface area contributed by atoms with E-state index in [9.17, 15) is 0 Å². The van der Waals surface area contributed by atoms with Crippen molar-refractivity contribution < 1.29 is 0 Å². The average Bonchev–Trinajstić information content (AvgIpc) is 2.74. The number of hydrogen-bond acceptors (Lipinski definition) is 2. The third-order valence-corrected chi connectivity index (χ3v) is 3.07. The minimum atomic E-state index is 0.929. The lowest BCUT2D eigenvalue weighted by molar-refractivity contribution is 0.519. The number of imidazole rings is 1. The third kappa shape index (κ3) is 1.53. The molecular formula is C13H15N3. The van der Waals surface area contributed by atoms with Crippen LogP contribution in [0.15, 0.2) is 30.5 Å². The van der Waals surface area contributed by atoms with Crippen LogP contribution >= 0.6 is 0 Å². The van der Waals surface area contributed by atoms with Crippen LogP contribution in [0.1, 0.15) is 11.3 Å². The van der Waals surface area contributed by atoms with E-state index in [-0.39, 0.29) is 0 Å². The maximum atomic E-state index is 4.52. The molecule has 1 aliphatic heterocycles. The van der Waals surface area contributed by atoms with E-state index in [0.29, 0.717) is 0 Å². The zero-order valence-electron chi connectivity index (χ0n) is 9.40. The van der Waals surface area contributed by atoms with Gasteiger partial charge in [-0.25, -0.2) is 4.98 Å². The Morgan fingerprint density at radius 2 is 2.06 bits per heavy atom. The Bertz CT molecular complexity index is 496. The zero-order chi connectivity index (χ0) is 11.0. The highest BCUT2D eigenvalue weighted by atomic mass is 15.1. The predicted molar refractivity (Wildman–Crippen MR) is 64.1 cm³/mol. The van der Waals surface area contributed by atoms with Gasteiger partial charge in [0.1, 0.15) is 5.82 Å². The van der Waals surface area contributed by atoms with Crippen molar-refractivity contribution in [3.8, 4) is 11.4 Å². The Kier molecular flexibility index (Phi) is 2.26. The van der Waals surface area contributed by atoms with Gasteiger partial charge in [-0.15, -0.1) is 0 Å². The molecule has 2 aromatic rings. The van der Waals surface area contributed by atoms with Crippen LogP contribution in [0.4, 0.5) is 0 Å². The van der Waals surface area contributed by atoms with E-state index < -0.39 is 0 Å². The van der Waals surface area contributed by atoms with Crippen LogP contribution in [0.2, 0.25) is 0 Å². The Morgan fingerprint density at radius 1 is 1.25 bits per heavy atom. The van der Waals surface area contributed by atoms with E-state index in [1.807, 2.05) is 6.20 Å². The molecule has 0 aliphatic carbocycles. The van der Waals surface area contributed by atoms with Crippen molar-refractivity contribution in [3.63, 3.8) is 0 Å². The summed E-state index contributed by atoms with van der Waals surface area (Å²) >= 11 is 0. The number of aromatic nitrogens is 2. The van der Waals surface area contributed by atoms with Gasteiger partial charge in [0.15, 0.2) is 0 Å². The fourth-order valence-corrected chi connectivity index (χ4v) is 2.14. The average molecular weight is 213 g/mol. The van der Waals surface area contributed by atoms with Crippen LogP contribution in [-0.4, -0.2) is 16.1 Å². The highest BCUT2D eigenvalue weighted by Gasteiger charge is 2.14. The summed E-state index contributed by atoms with van der Waals surface area (Å²) in [5.41, 5.74) is 3.77. The Hall–Kier alpha value is -1.61. The van der Waals surface area contributed by atoms with Crippen LogP contribution in [0.25, 0.3) is 11.4 Å². The van der Waals surface area contributed by atoms with Gasteiger partial charge in [-0.3, -0.25) is 0 Å². The monoisotopic (exact) mass is 213 g/mol. The lowest BCUT2D eigenvalue weighted by Gasteiger charge is -2.17. The zero-order valence-corrected chi connectivity index (χ0v) is 9.40. The van der Waals surface area contributed by atoms with Crippen molar-refractivity contribution in [3.05, 3.63) is 41.7 Å². The maximum absolute atomic E-state index is 4.52. The second kappa shape index (κ2) is 3.76. The number of nitrogens with one attached hydrogen (secondary N) is 1. The highest BCUT2D eigenvalue weighted by Crippen LogP contribution is 2.21. The first kappa shape index (κ1) is 9.60. The summed E-state index contributed by atoms with van der Waals surface area (Å²) in [6, 6.07) is 8.57. The summed E-state index contributed by atoms with van der Waals surface area (Å²) in [5, 5.41) is 3.35. The molecule has 1 N–H and O–H groups in total. The summed E-state index contributed by atoms with van der Waals surface area (Å²) in [5.74, 6) is 1.09. The van der Waals surface area contributed by atoms with Crippen LogP contribution in [0.3, 0.4) is 0 Å². The van der Waals surface area contributed by atoms with E-state index in [0.717, 1.165) is 25.5 Å². The van der Waals surface area contributed by atoms with E-state index in [1.165, 1.54) is 16.8 Å². The third-order valence-electron chi connectivity index (χ3n) is 3.07. The van der Waals surface area contributed by atoms with Gasteiger partial charge in [-0.2, -0.15) is 0 Å². The molecule has 0 saturated carbocycles. The number of fused-ring (bicyclic) bond motifs is 1. The number of aryl methyl sites for hydroxylation is 1. The minimum absolute atomic E-state index is 0.929. The molecule has 2 heterocycles. The molecule has 0 amide bonds. The molecule has 1 aliphatic rings. The fourth-order valence-electron chi connectivity index (χ4n) is 2.14. The van der Waals surface area contributed by atoms with Gasteiger partial charge in [0.25, 0.3) is 0 Å².